The molecule has 0 aromatic heterocycles. The topological polar surface area (TPSA) is 66.4 Å². The summed E-state index contributed by atoms with van der Waals surface area (Å²) in [5, 5.41) is 12.5. The molecule has 0 aliphatic carbocycles. The largest absolute Gasteiger partial charge is 0.481 e. The number of carboxylic acid groups (broad SMARTS) is 1. The zero-order valence-electron chi connectivity index (χ0n) is 11.4. The number of carboxylic acids is 1. The Labute approximate surface area is 128 Å². The number of carbonyl (C=O) groups excluding carboxylic acids is 1. The van der Waals surface area contributed by atoms with Gasteiger partial charge in [-0.2, -0.15) is 0 Å². The standard InChI is InChI=1S/C14H17Cl2NO3/c1-14(2,13(19)20)8-17-12(18)6-4-9-3-5-10(15)11(16)7-9/h3,5,7H,4,6,8H2,1-2H3,(H,17,18)(H,19,20). The predicted octanol–water partition coefficient (Wildman–Crippen LogP) is 3.15. The Morgan fingerprint density at radius 2 is 1.90 bits per heavy atom. The van der Waals surface area contributed by atoms with Crippen molar-refractivity contribution >= 4 is 35.1 Å². The van der Waals surface area contributed by atoms with E-state index in [0.29, 0.717) is 16.5 Å². The Hall–Kier alpha value is -1.26. The number of aryl methyl sites for hydroxylation is 1. The highest BCUT2D eigenvalue weighted by Gasteiger charge is 2.27. The number of carbonyl (C=O) groups is 2. The van der Waals surface area contributed by atoms with Gasteiger partial charge in [0.15, 0.2) is 0 Å². The summed E-state index contributed by atoms with van der Waals surface area (Å²) in [6.07, 6.45) is 0.796. The molecule has 0 saturated carbocycles. The van der Waals surface area contributed by atoms with Crippen molar-refractivity contribution in [2.75, 3.05) is 6.54 Å². The molecule has 20 heavy (non-hydrogen) atoms. The van der Waals surface area contributed by atoms with Crippen LogP contribution < -0.4 is 5.32 Å². The Bertz CT molecular complexity index is 515. The third kappa shape index (κ3) is 5.02. The van der Waals surface area contributed by atoms with Crippen LogP contribution in [0.2, 0.25) is 10.0 Å². The Morgan fingerprint density at radius 3 is 2.45 bits per heavy atom. The molecule has 0 bridgehead atoms. The fourth-order valence-electron chi connectivity index (χ4n) is 1.44. The first-order chi connectivity index (χ1) is 9.22. The molecule has 110 valence electrons. The highest BCUT2D eigenvalue weighted by molar-refractivity contribution is 6.42. The van der Waals surface area contributed by atoms with E-state index in [-0.39, 0.29) is 18.9 Å². The molecular formula is C14H17Cl2NO3. The fraction of sp³-hybridized carbons (Fsp3) is 0.429. The number of amides is 1. The van der Waals surface area contributed by atoms with Crippen LogP contribution in [0.4, 0.5) is 0 Å². The molecule has 4 nitrogen and oxygen atoms in total. The molecule has 0 atom stereocenters. The van der Waals surface area contributed by atoms with Crippen molar-refractivity contribution in [2.45, 2.75) is 26.7 Å². The van der Waals surface area contributed by atoms with E-state index < -0.39 is 11.4 Å². The van der Waals surface area contributed by atoms with Gasteiger partial charge in [-0.1, -0.05) is 29.3 Å². The summed E-state index contributed by atoms with van der Waals surface area (Å²) < 4.78 is 0. The first-order valence-corrected chi connectivity index (χ1v) is 6.92. The van der Waals surface area contributed by atoms with Gasteiger partial charge in [0.25, 0.3) is 0 Å². The molecule has 0 aliphatic rings. The van der Waals surface area contributed by atoms with Gasteiger partial charge in [-0.05, 0) is 38.0 Å². The van der Waals surface area contributed by atoms with E-state index in [2.05, 4.69) is 5.32 Å². The lowest BCUT2D eigenvalue weighted by Crippen LogP contribution is -2.38. The molecule has 0 fully saturated rings. The number of rotatable bonds is 6. The van der Waals surface area contributed by atoms with Gasteiger partial charge in [-0.3, -0.25) is 9.59 Å². The van der Waals surface area contributed by atoms with Crippen molar-refractivity contribution in [3.8, 4) is 0 Å². The van der Waals surface area contributed by atoms with Gasteiger partial charge in [0.2, 0.25) is 5.91 Å². The molecule has 0 heterocycles. The van der Waals surface area contributed by atoms with E-state index >= 15 is 0 Å². The van der Waals surface area contributed by atoms with E-state index in [9.17, 15) is 9.59 Å². The van der Waals surface area contributed by atoms with E-state index in [0.717, 1.165) is 5.56 Å². The zero-order chi connectivity index (χ0) is 15.3. The fourth-order valence-corrected chi connectivity index (χ4v) is 1.76. The van der Waals surface area contributed by atoms with Crippen molar-refractivity contribution in [2.24, 2.45) is 5.41 Å². The molecule has 2 N–H and O–H groups in total. The number of nitrogens with one attached hydrogen (secondary N) is 1. The van der Waals surface area contributed by atoms with E-state index in [4.69, 9.17) is 28.3 Å². The smallest absolute Gasteiger partial charge is 0.310 e. The van der Waals surface area contributed by atoms with E-state index in [1.54, 1.807) is 26.0 Å². The number of benzene rings is 1. The number of halogens is 2. The summed E-state index contributed by atoms with van der Waals surface area (Å²) in [6.45, 7) is 3.23. The van der Waals surface area contributed by atoms with Gasteiger partial charge in [0.05, 0.1) is 15.5 Å². The first-order valence-electron chi connectivity index (χ1n) is 6.16. The van der Waals surface area contributed by atoms with E-state index in [1.165, 1.54) is 0 Å². The van der Waals surface area contributed by atoms with Crippen LogP contribution in [0.25, 0.3) is 0 Å². The molecule has 1 aromatic carbocycles. The highest BCUT2D eigenvalue weighted by atomic mass is 35.5. The third-order valence-electron chi connectivity index (χ3n) is 2.93. The summed E-state index contributed by atoms with van der Waals surface area (Å²) in [7, 11) is 0. The van der Waals surface area contributed by atoms with Gasteiger partial charge >= 0.3 is 5.97 Å². The quantitative estimate of drug-likeness (QED) is 0.847. The maximum atomic E-state index is 11.7. The lowest BCUT2D eigenvalue weighted by atomic mass is 9.94. The van der Waals surface area contributed by atoms with Gasteiger partial charge < -0.3 is 10.4 Å². The van der Waals surface area contributed by atoms with Crippen LogP contribution in [0.15, 0.2) is 18.2 Å². The second-order valence-electron chi connectivity index (χ2n) is 5.21. The summed E-state index contributed by atoms with van der Waals surface area (Å²) >= 11 is 11.7. The minimum Gasteiger partial charge on any atom is -0.481 e. The zero-order valence-corrected chi connectivity index (χ0v) is 12.9. The summed E-state index contributed by atoms with van der Waals surface area (Å²) in [4.78, 5) is 22.6. The van der Waals surface area contributed by atoms with Crippen molar-refractivity contribution < 1.29 is 14.7 Å². The normalized spacial score (nSPS) is 11.2. The lowest BCUT2D eigenvalue weighted by molar-refractivity contribution is -0.146. The first kappa shape index (κ1) is 16.8. The van der Waals surface area contributed by atoms with Gasteiger partial charge in [0.1, 0.15) is 0 Å². The lowest BCUT2D eigenvalue weighted by Gasteiger charge is -2.19. The number of aliphatic carboxylic acids is 1. The predicted molar refractivity (Wildman–Crippen MR) is 79.2 cm³/mol. The SMILES string of the molecule is CC(C)(CNC(=O)CCc1ccc(Cl)c(Cl)c1)C(=O)O. The van der Waals surface area contributed by atoms with Crippen LogP contribution in [0, 0.1) is 5.41 Å². The van der Waals surface area contributed by atoms with Crippen molar-refractivity contribution in [3.63, 3.8) is 0 Å². The van der Waals surface area contributed by atoms with Crippen molar-refractivity contribution in [1.29, 1.82) is 0 Å². The molecule has 0 saturated heterocycles. The van der Waals surface area contributed by atoms with Gasteiger partial charge in [-0.15, -0.1) is 0 Å². The van der Waals surface area contributed by atoms with Gasteiger partial charge in [0, 0.05) is 13.0 Å². The van der Waals surface area contributed by atoms with Crippen molar-refractivity contribution in [1.82, 2.24) is 5.32 Å². The summed E-state index contributed by atoms with van der Waals surface area (Å²) in [5.41, 5.74) is -0.0637. The Kier molecular flexibility index (Phi) is 5.84. The van der Waals surface area contributed by atoms with Crippen LogP contribution in [0.3, 0.4) is 0 Å². The molecule has 1 rings (SSSR count). The monoisotopic (exact) mass is 317 g/mol. The van der Waals surface area contributed by atoms with E-state index in [1.807, 2.05) is 6.07 Å². The van der Waals surface area contributed by atoms with Crippen LogP contribution in [-0.4, -0.2) is 23.5 Å². The molecular weight excluding hydrogens is 301 g/mol. The highest BCUT2D eigenvalue weighted by Crippen LogP contribution is 2.23. The Balaban J connectivity index is 2.44. The van der Waals surface area contributed by atoms with Crippen molar-refractivity contribution in [3.05, 3.63) is 33.8 Å². The second kappa shape index (κ2) is 6.95. The Morgan fingerprint density at radius 1 is 1.25 bits per heavy atom. The maximum Gasteiger partial charge on any atom is 0.310 e. The van der Waals surface area contributed by atoms with Crippen LogP contribution in [-0.2, 0) is 16.0 Å². The molecule has 0 unspecified atom stereocenters. The van der Waals surface area contributed by atoms with Crippen LogP contribution >= 0.6 is 23.2 Å². The molecule has 0 spiro atoms. The molecule has 1 amide bonds. The van der Waals surface area contributed by atoms with Gasteiger partial charge in [-0.25, -0.2) is 0 Å². The molecule has 1 aromatic rings. The summed E-state index contributed by atoms with van der Waals surface area (Å²) in [5.74, 6) is -1.13. The molecule has 6 heteroatoms. The number of hydrogen-bond donors (Lipinski definition) is 2. The third-order valence-corrected chi connectivity index (χ3v) is 3.67. The minimum atomic E-state index is -0.973. The number of hydrogen-bond acceptors (Lipinski definition) is 2. The van der Waals surface area contributed by atoms with Crippen LogP contribution in [0.1, 0.15) is 25.8 Å². The second-order valence-corrected chi connectivity index (χ2v) is 6.03. The minimum absolute atomic E-state index is 0.0997. The average molecular weight is 318 g/mol. The molecule has 0 aliphatic heterocycles. The maximum absolute atomic E-state index is 11.7. The van der Waals surface area contributed by atoms with Crippen LogP contribution in [0.5, 0.6) is 0 Å². The summed E-state index contributed by atoms with van der Waals surface area (Å²) in [6, 6.07) is 5.21. The average Bonchev–Trinajstić information content (AvgIpc) is 2.37. The molecule has 0 radical (unpaired) electrons.